The molecule has 5 heteroatoms. The normalized spacial score (nSPS) is 30.4. The zero-order valence-corrected chi connectivity index (χ0v) is 13.3. The summed E-state index contributed by atoms with van der Waals surface area (Å²) in [5.74, 6) is 1.43. The van der Waals surface area contributed by atoms with Crippen molar-refractivity contribution in [1.29, 1.82) is 0 Å². The quantitative estimate of drug-likeness (QED) is 0.527. The highest BCUT2D eigenvalue weighted by molar-refractivity contribution is 5.80. The molecule has 0 amide bonds. The van der Waals surface area contributed by atoms with E-state index in [1.807, 2.05) is 0 Å². The van der Waals surface area contributed by atoms with Gasteiger partial charge in [-0.05, 0) is 39.0 Å². The van der Waals surface area contributed by atoms with E-state index in [1.54, 1.807) is 7.05 Å². The van der Waals surface area contributed by atoms with Gasteiger partial charge in [-0.15, -0.1) is 0 Å². The number of aliphatic hydroxyl groups is 1. The van der Waals surface area contributed by atoms with Crippen LogP contribution in [0.5, 0.6) is 0 Å². The Bertz CT molecular complexity index is 352. The number of aliphatic imine (C=N–C) groups is 1. The molecule has 1 saturated carbocycles. The molecule has 0 radical (unpaired) electrons. The standard InChI is InChI=1S/C15H30N4O/c1-11(2)19-8-12(3)13(9-19)18-14(16-4)17-10-15(20)6-5-7-15/h11-13,20H,5-10H2,1-4H3,(H2,16,17,18). The molecule has 2 rings (SSSR count). The van der Waals surface area contributed by atoms with E-state index >= 15 is 0 Å². The van der Waals surface area contributed by atoms with Gasteiger partial charge < -0.3 is 15.7 Å². The van der Waals surface area contributed by atoms with Crippen molar-refractivity contribution in [2.45, 2.75) is 57.7 Å². The van der Waals surface area contributed by atoms with Gasteiger partial charge in [0.15, 0.2) is 5.96 Å². The molecule has 2 atom stereocenters. The van der Waals surface area contributed by atoms with Gasteiger partial charge in [-0.25, -0.2) is 0 Å². The first kappa shape index (κ1) is 15.6. The minimum absolute atomic E-state index is 0.430. The fourth-order valence-corrected chi connectivity index (χ4v) is 2.99. The van der Waals surface area contributed by atoms with Crippen molar-refractivity contribution in [1.82, 2.24) is 15.5 Å². The van der Waals surface area contributed by atoms with E-state index in [1.165, 1.54) is 0 Å². The van der Waals surface area contributed by atoms with E-state index in [9.17, 15) is 5.11 Å². The maximum absolute atomic E-state index is 10.1. The molecule has 0 aromatic heterocycles. The summed E-state index contributed by atoms with van der Waals surface area (Å²) in [5, 5.41) is 16.9. The third-order valence-electron chi connectivity index (χ3n) is 4.79. The van der Waals surface area contributed by atoms with Crippen LogP contribution in [0, 0.1) is 5.92 Å². The molecule has 1 aliphatic carbocycles. The van der Waals surface area contributed by atoms with Gasteiger partial charge in [-0.2, -0.15) is 0 Å². The van der Waals surface area contributed by atoms with Crippen LogP contribution >= 0.6 is 0 Å². The van der Waals surface area contributed by atoms with Crippen molar-refractivity contribution in [3.63, 3.8) is 0 Å². The first-order valence-electron chi connectivity index (χ1n) is 7.87. The van der Waals surface area contributed by atoms with Crippen molar-refractivity contribution in [3.05, 3.63) is 0 Å². The van der Waals surface area contributed by atoms with Crippen LogP contribution in [0.25, 0.3) is 0 Å². The molecule has 1 heterocycles. The molecule has 0 aromatic rings. The summed E-state index contributed by atoms with van der Waals surface area (Å²) < 4.78 is 0. The number of rotatable bonds is 4. The molecule has 0 spiro atoms. The lowest BCUT2D eigenvalue weighted by molar-refractivity contribution is -0.0279. The Balaban J connectivity index is 1.81. The topological polar surface area (TPSA) is 59.9 Å². The first-order chi connectivity index (χ1) is 9.43. The Morgan fingerprint density at radius 2 is 2.10 bits per heavy atom. The number of hydrogen-bond donors (Lipinski definition) is 3. The van der Waals surface area contributed by atoms with E-state index in [0.29, 0.717) is 24.5 Å². The van der Waals surface area contributed by atoms with Gasteiger partial charge in [0.05, 0.1) is 5.60 Å². The smallest absolute Gasteiger partial charge is 0.191 e. The number of likely N-dealkylation sites (tertiary alicyclic amines) is 1. The van der Waals surface area contributed by atoms with E-state index in [0.717, 1.165) is 38.3 Å². The second-order valence-electron chi connectivity index (χ2n) is 6.78. The highest BCUT2D eigenvalue weighted by Gasteiger charge is 2.35. The number of hydrogen-bond acceptors (Lipinski definition) is 3. The molecule has 20 heavy (non-hydrogen) atoms. The van der Waals surface area contributed by atoms with Crippen LogP contribution in [0.4, 0.5) is 0 Å². The summed E-state index contributed by atoms with van der Waals surface area (Å²) in [7, 11) is 1.79. The van der Waals surface area contributed by atoms with Crippen LogP contribution in [0.3, 0.4) is 0 Å². The lowest BCUT2D eigenvalue weighted by Gasteiger charge is -2.37. The third kappa shape index (κ3) is 3.64. The monoisotopic (exact) mass is 282 g/mol. The molecule has 2 aliphatic rings. The van der Waals surface area contributed by atoms with Gasteiger partial charge in [0.2, 0.25) is 0 Å². The fraction of sp³-hybridized carbons (Fsp3) is 0.933. The van der Waals surface area contributed by atoms with Crippen LogP contribution < -0.4 is 10.6 Å². The minimum atomic E-state index is -0.511. The van der Waals surface area contributed by atoms with Crippen molar-refractivity contribution < 1.29 is 5.11 Å². The summed E-state index contributed by atoms with van der Waals surface area (Å²) in [5.41, 5.74) is -0.511. The molecule has 2 fully saturated rings. The van der Waals surface area contributed by atoms with Gasteiger partial charge in [0, 0.05) is 38.8 Å². The van der Waals surface area contributed by atoms with Crippen molar-refractivity contribution >= 4 is 5.96 Å². The molecule has 0 bridgehead atoms. The van der Waals surface area contributed by atoms with Crippen LogP contribution in [0.15, 0.2) is 4.99 Å². The second kappa shape index (κ2) is 6.31. The Labute approximate surface area is 122 Å². The predicted molar refractivity (Wildman–Crippen MR) is 83.0 cm³/mol. The SMILES string of the molecule is CN=C(NCC1(O)CCC1)NC1CN(C(C)C)CC1C. The highest BCUT2D eigenvalue weighted by Crippen LogP contribution is 2.30. The fourth-order valence-electron chi connectivity index (χ4n) is 2.99. The van der Waals surface area contributed by atoms with Gasteiger partial charge in [-0.1, -0.05) is 6.92 Å². The third-order valence-corrected chi connectivity index (χ3v) is 4.79. The zero-order chi connectivity index (χ0) is 14.8. The second-order valence-corrected chi connectivity index (χ2v) is 6.78. The summed E-state index contributed by atoms with van der Waals surface area (Å²) in [6, 6.07) is 1.02. The molecule has 2 unspecified atom stereocenters. The molecule has 116 valence electrons. The lowest BCUT2D eigenvalue weighted by Crippen LogP contribution is -2.53. The molecular weight excluding hydrogens is 252 g/mol. The number of nitrogens with one attached hydrogen (secondary N) is 2. The van der Waals surface area contributed by atoms with E-state index in [-0.39, 0.29) is 0 Å². The van der Waals surface area contributed by atoms with Crippen molar-refractivity contribution in [2.24, 2.45) is 10.9 Å². The average Bonchev–Trinajstić information content (AvgIpc) is 2.74. The maximum Gasteiger partial charge on any atom is 0.191 e. The zero-order valence-electron chi connectivity index (χ0n) is 13.3. The Morgan fingerprint density at radius 1 is 1.40 bits per heavy atom. The minimum Gasteiger partial charge on any atom is -0.388 e. The lowest BCUT2D eigenvalue weighted by atomic mass is 9.80. The molecule has 3 N–H and O–H groups in total. The molecule has 1 saturated heterocycles. The van der Waals surface area contributed by atoms with Gasteiger partial charge in [0.25, 0.3) is 0 Å². The highest BCUT2D eigenvalue weighted by atomic mass is 16.3. The number of guanidine groups is 1. The van der Waals surface area contributed by atoms with Crippen molar-refractivity contribution in [2.75, 3.05) is 26.7 Å². The van der Waals surface area contributed by atoms with Gasteiger partial charge in [-0.3, -0.25) is 9.89 Å². The summed E-state index contributed by atoms with van der Waals surface area (Å²) in [6.07, 6.45) is 2.93. The summed E-state index contributed by atoms with van der Waals surface area (Å²) >= 11 is 0. The van der Waals surface area contributed by atoms with Crippen LogP contribution in [0.2, 0.25) is 0 Å². The maximum atomic E-state index is 10.1. The van der Waals surface area contributed by atoms with Gasteiger partial charge >= 0.3 is 0 Å². The van der Waals surface area contributed by atoms with E-state index in [2.05, 4.69) is 41.3 Å². The summed E-state index contributed by atoms with van der Waals surface area (Å²) in [4.78, 5) is 6.78. The Morgan fingerprint density at radius 3 is 2.55 bits per heavy atom. The largest absolute Gasteiger partial charge is 0.388 e. The Kier molecular flexibility index (Phi) is 4.91. The van der Waals surface area contributed by atoms with Gasteiger partial charge in [0.1, 0.15) is 0 Å². The molecule has 5 nitrogen and oxygen atoms in total. The van der Waals surface area contributed by atoms with Crippen LogP contribution in [-0.4, -0.2) is 60.3 Å². The molecular formula is C15H30N4O. The van der Waals surface area contributed by atoms with Crippen LogP contribution in [-0.2, 0) is 0 Å². The van der Waals surface area contributed by atoms with Crippen LogP contribution in [0.1, 0.15) is 40.0 Å². The first-order valence-corrected chi connectivity index (χ1v) is 7.87. The molecule has 0 aromatic carbocycles. The number of nitrogens with zero attached hydrogens (tertiary/aromatic N) is 2. The summed E-state index contributed by atoms with van der Waals surface area (Å²) in [6.45, 7) is 9.57. The predicted octanol–water partition coefficient (Wildman–Crippen LogP) is 0.795. The molecule has 1 aliphatic heterocycles. The van der Waals surface area contributed by atoms with Crippen molar-refractivity contribution in [3.8, 4) is 0 Å². The van der Waals surface area contributed by atoms with E-state index < -0.39 is 5.60 Å². The Hall–Kier alpha value is -0.810. The van der Waals surface area contributed by atoms with E-state index in [4.69, 9.17) is 0 Å². The average molecular weight is 282 g/mol.